The molecule has 0 aliphatic heterocycles. The van der Waals surface area contributed by atoms with Crippen LogP contribution in [-0.4, -0.2) is 12.6 Å². The molecule has 0 spiro atoms. The number of carbonyl (C=O) groups is 1. The molecule has 0 saturated heterocycles. The third-order valence-electron chi connectivity index (χ3n) is 3.21. The van der Waals surface area contributed by atoms with Crippen molar-refractivity contribution in [2.45, 2.75) is 26.2 Å². The highest BCUT2D eigenvalue weighted by Crippen LogP contribution is 2.40. The van der Waals surface area contributed by atoms with E-state index in [-0.39, 0.29) is 5.97 Å². The highest BCUT2D eigenvalue weighted by molar-refractivity contribution is 5.65. The lowest BCUT2D eigenvalue weighted by Gasteiger charge is -2.37. The van der Waals surface area contributed by atoms with Crippen LogP contribution in [0.15, 0.2) is 12.2 Å². The Morgan fingerprint density at radius 2 is 2.31 bits per heavy atom. The van der Waals surface area contributed by atoms with Crippen molar-refractivity contribution in [3.05, 3.63) is 12.2 Å². The molecule has 0 amide bonds. The molecule has 13 heavy (non-hydrogen) atoms. The second-order valence-electron chi connectivity index (χ2n) is 4.18. The molecule has 3 atom stereocenters. The van der Waals surface area contributed by atoms with Crippen molar-refractivity contribution in [1.29, 1.82) is 0 Å². The number of hydrogen-bond acceptors (Lipinski definition) is 2. The Hall–Kier alpha value is -0.790. The number of ether oxygens (including phenoxy) is 1. The molecule has 0 unspecified atom stereocenters. The summed E-state index contributed by atoms with van der Waals surface area (Å²) in [5, 5.41) is 0. The summed E-state index contributed by atoms with van der Waals surface area (Å²) in [5.74, 6) is 1.87. The number of esters is 1. The molecule has 3 aliphatic rings. The van der Waals surface area contributed by atoms with Crippen molar-refractivity contribution < 1.29 is 9.53 Å². The maximum absolute atomic E-state index is 10.7. The van der Waals surface area contributed by atoms with Crippen LogP contribution in [0.1, 0.15) is 26.2 Å². The minimum Gasteiger partial charge on any atom is -0.466 e. The van der Waals surface area contributed by atoms with Crippen LogP contribution in [-0.2, 0) is 9.53 Å². The van der Waals surface area contributed by atoms with Crippen LogP contribution in [0.3, 0.4) is 0 Å². The first-order valence-electron chi connectivity index (χ1n) is 5.07. The molecular formula is C11H16O2. The Bertz CT molecular complexity index is 232. The van der Waals surface area contributed by atoms with E-state index >= 15 is 0 Å². The predicted molar refractivity (Wildman–Crippen MR) is 50.1 cm³/mol. The van der Waals surface area contributed by atoms with Gasteiger partial charge in [0.05, 0.1) is 6.61 Å². The van der Waals surface area contributed by atoms with Gasteiger partial charge in [0.15, 0.2) is 0 Å². The number of rotatable bonds is 2. The van der Waals surface area contributed by atoms with Gasteiger partial charge in [-0.3, -0.25) is 4.79 Å². The van der Waals surface area contributed by atoms with Gasteiger partial charge in [-0.1, -0.05) is 12.2 Å². The topological polar surface area (TPSA) is 26.3 Å². The zero-order valence-corrected chi connectivity index (χ0v) is 8.03. The van der Waals surface area contributed by atoms with Gasteiger partial charge in [0.2, 0.25) is 0 Å². The van der Waals surface area contributed by atoms with Gasteiger partial charge in [-0.05, 0) is 37.0 Å². The summed E-state index contributed by atoms with van der Waals surface area (Å²) in [6.45, 7) is 2.11. The summed E-state index contributed by atoms with van der Waals surface area (Å²) in [6.07, 6.45) is 8.48. The fourth-order valence-corrected chi connectivity index (χ4v) is 2.47. The van der Waals surface area contributed by atoms with Crippen molar-refractivity contribution in [1.82, 2.24) is 0 Å². The molecule has 0 N–H and O–H groups in total. The molecule has 0 aromatic heterocycles. The molecular weight excluding hydrogens is 164 g/mol. The van der Waals surface area contributed by atoms with Gasteiger partial charge in [-0.25, -0.2) is 0 Å². The Morgan fingerprint density at radius 3 is 2.77 bits per heavy atom. The standard InChI is InChI=1S/C11H16O2/c1-8(12)13-7-11-6-9-2-4-10(11)5-3-9/h2,4,9-11H,3,5-7H2,1H3/t9-,10-,11+/m1/s1. The molecule has 2 nitrogen and oxygen atoms in total. The van der Waals surface area contributed by atoms with Crippen LogP contribution in [0.2, 0.25) is 0 Å². The average molecular weight is 180 g/mol. The zero-order valence-electron chi connectivity index (χ0n) is 8.03. The first kappa shape index (κ1) is 8.79. The monoisotopic (exact) mass is 180 g/mol. The van der Waals surface area contributed by atoms with E-state index in [1.807, 2.05) is 0 Å². The molecule has 72 valence electrons. The lowest BCUT2D eigenvalue weighted by Crippen LogP contribution is -2.30. The summed E-state index contributed by atoms with van der Waals surface area (Å²) in [7, 11) is 0. The summed E-state index contributed by atoms with van der Waals surface area (Å²) in [4.78, 5) is 10.7. The van der Waals surface area contributed by atoms with E-state index < -0.39 is 0 Å². The quantitative estimate of drug-likeness (QED) is 0.481. The molecule has 2 bridgehead atoms. The second kappa shape index (κ2) is 3.52. The van der Waals surface area contributed by atoms with Crippen molar-refractivity contribution in [3.63, 3.8) is 0 Å². The third-order valence-corrected chi connectivity index (χ3v) is 3.21. The van der Waals surface area contributed by atoms with E-state index in [1.165, 1.54) is 26.2 Å². The van der Waals surface area contributed by atoms with Crippen molar-refractivity contribution in [3.8, 4) is 0 Å². The minimum atomic E-state index is -0.148. The van der Waals surface area contributed by atoms with Gasteiger partial charge >= 0.3 is 5.97 Å². The maximum atomic E-state index is 10.7. The first-order valence-corrected chi connectivity index (χ1v) is 5.07. The van der Waals surface area contributed by atoms with E-state index in [4.69, 9.17) is 4.74 Å². The normalized spacial score (nSPS) is 36.2. The fourth-order valence-electron chi connectivity index (χ4n) is 2.47. The maximum Gasteiger partial charge on any atom is 0.302 e. The molecule has 3 rings (SSSR count). The fraction of sp³-hybridized carbons (Fsp3) is 0.727. The Morgan fingerprint density at radius 1 is 1.46 bits per heavy atom. The van der Waals surface area contributed by atoms with Crippen molar-refractivity contribution in [2.24, 2.45) is 17.8 Å². The summed E-state index contributed by atoms with van der Waals surface area (Å²) >= 11 is 0. The van der Waals surface area contributed by atoms with Crippen molar-refractivity contribution >= 4 is 5.97 Å². The summed E-state index contributed by atoms with van der Waals surface area (Å²) < 4.78 is 5.06. The Labute approximate surface area is 79.0 Å². The lowest BCUT2D eigenvalue weighted by atomic mass is 9.69. The van der Waals surface area contributed by atoms with Crippen LogP contribution >= 0.6 is 0 Å². The molecule has 2 heteroatoms. The number of hydrogen-bond donors (Lipinski definition) is 0. The van der Waals surface area contributed by atoms with Crippen LogP contribution in [0.25, 0.3) is 0 Å². The number of allylic oxidation sites excluding steroid dienone is 2. The Kier molecular flexibility index (Phi) is 2.38. The van der Waals surface area contributed by atoms with E-state index in [0.29, 0.717) is 18.4 Å². The van der Waals surface area contributed by atoms with Gasteiger partial charge in [0, 0.05) is 6.92 Å². The molecule has 0 aromatic carbocycles. The Balaban J connectivity index is 1.88. The van der Waals surface area contributed by atoms with Crippen LogP contribution in [0, 0.1) is 17.8 Å². The summed E-state index contributed by atoms with van der Waals surface area (Å²) in [5.41, 5.74) is 0. The van der Waals surface area contributed by atoms with Crippen LogP contribution < -0.4 is 0 Å². The van der Waals surface area contributed by atoms with Gasteiger partial charge in [0.25, 0.3) is 0 Å². The van der Waals surface area contributed by atoms with E-state index in [0.717, 1.165) is 5.92 Å². The highest BCUT2D eigenvalue weighted by Gasteiger charge is 2.32. The van der Waals surface area contributed by atoms with E-state index in [2.05, 4.69) is 12.2 Å². The summed E-state index contributed by atoms with van der Waals surface area (Å²) in [6, 6.07) is 0. The second-order valence-corrected chi connectivity index (χ2v) is 4.18. The van der Waals surface area contributed by atoms with Crippen molar-refractivity contribution in [2.75, 3.05) is 6.61 Å². The molecule has 1 fully saturated rings. The predicted octanol–water partition coefficient (Wildman–Crippen LogP) is 2.15. The van der Waals surface area contributed by atoms with Gasteiger partial charge in [-0.2, -0.15) is 0 Å². The molecule has 0 aromatic rings. The molecule has 0 heterocycles. The number of carbonyl (C=O) groups excluding carboxylic acids is 1. The first-order chi connectivity index (χ1) is 6.25. The van der Waals surface area contributed by atoms with Crippen LogP contribution in [0.4, 0.5) is 0 Å². The van der Waals surface area contributed by atoms with Gasteiger partial charge in [0.1, 0.15) is 0 Å². The smallest absolute Gasteiger partial charge is 0.302 e. The van der Waals surface area contributed by atoms with E-state index in [9.17, 15) is 4.79 Å². The third kappa shape index (κ3) is 1.93. The number of fused-ring (bicyclic) bond motifs is 2. The highest BCUT2D eigenvalue weighted by atomic mass is 16.5. The molecule has 1 saturated carbocycles. The molecule has 3 aliphatic carbocycles. The zero-order chi connectivity index (χ0) is 9.26. The largest absolute Gasteiger partial charge is 0.466 e. The van der Waals surface area contributed by atoms with Gasteiger partial charge < -0.3 is 4.74 Å². The molecule has 0 radical (unpaired) electrons. The lowest BCUT2D eigenvalue weighted by molar-refractivity contribution is -0.143. The van der Waals surface area contributed by atoms with E-state index in [1.54, 1.807) is 0 Å². The van der Waals surface area contributed by atoms with Crippen LogP contribution in [0.5, 0.6) is 0 Å². The minimum absolute atomic E-state index is 0.148. The van der Waals surface area contributed by atoms with Gasteiger partial charge in [-0.15, -0.1) is 0 Å². The average Bonchev–Trinajstić information content (AvgIpc) is 2.17. The SMILES string of the molecule is CC(=O)OC[C@@H]1C[C@@H]2C=C[C@@H]1CC2.